The zero-order valence-corrected chi connectivity index (χ0v) is 14.3. The Labute approximate surface area is 142 Å². The van der Waals surface area contributed by atoms with Crippen molar-refractivity contribution in [1.82, 2.24) is 4.90 Å². The molecule has 2 bridgehead atoms. The fraction of sp³-hybridized carbons (Fsp3) is 0.611. The van der Waals surface area contributed by atoms with Crippen molar-refractivity contribution >= 4 is 18.2 Å². The third-order valence-electron chi connectivity index (χ3n) is 6.99. The molecule has 2 heterocycles. The number of carbonyl (C=O) groups is 1. The average molecular weight is 336 g/mol. The average Bonchev–Trinajstić information content (AvgIpc) is 2.78. The molecule has 1 N–H and O–H groups in total. The number of likely N-dealkylation sites (tertiary alicyclic amines) is 1. The number of piperidine rings is 1. The SMILES string of the molecule is CN1CC[C@]23c4c5ccc(O)c4O[C@@]2(C)C(=O)CC[C@H]3[C@H]1C5.Cl. The van der Waals surface area contributed by atoms with Gasteiger partial charge in [0.15, 0.2) is 22.9 Å². The molecule has 5 rings (SSSR count). The lowest BCUT2D eigenvalue weighted by Crippen LogP contribution is -2.70. The summed E-state index contributed by atoms with van der Waals surface area (Å²) in [4.78, 5) is 15.3. The summed E-state index contributed by atoms with van der Waals surface area (Å²) < 4.78 is 6.23. The number of halogens is 1. The van der Waals surface area contributed by atoms with Gasteiger partial charge in [0, 0.05) is 18.0 Å². The molecule has 124 valence electrons. The van der Waals surface area contributed by atoms with Gasteiger partial charge in [0.05, 0.1) is 5.41 Å². The number of aromatic hydroxyl groups is 1. The van der Waals surface area contributed by atoms with Crippen LogP contribution in [-0.2, 0) is 16.6 Å². The van der Waals surface area contributed by atoms with Gasteiger partial charge in [-0.15, -0.1) is 12.4 Å². The number of Topliss-reactive ketones (excluding diaryl/α,β-unsaturated/α-hetero) is 1. The van der Waals surface area contributed by atoms with Crippen LogP contribution in [0.15, 0.2) is 12.1 Å². The van der Waals surface area contributed by atoms with Gasteiger partial charge in [-0.1, -0.05) is 6.07 Å². The topological polar surface area (TPSA) is 49.8 Å². The summed E-state index contributed by atoms with van der Waals surface area (Å²) in [6.07, 6.45) is 3.48. The van der Waals surface area contributed by atoms with Gasteiger partial charge >= 0.3 is 0 Å². The summed E-state index contributed by atoms with van der Waals surface area (Å²) in [5, 5.41) is 10.3. The summed E-state index contributed by atoms with van der Waals surface area (Å²) in [6, 6.07) is 4.24. The number of carbonyl (C=O) groups excluding carboxylic acids is 1. The van der Waals surface area contributed by atoms with E-state index in [2.05, 4.69) is 11.9 Å². The highest BCUT2D eigenvalue weighted by atomic mass is 35.5. The highest BCUT2D eigenvalue weighted by Crippen LogP contribution is 2.66. The number of hydrogen-bond acceptors (Lipinski definition) is 4. The smallest absolute Gasteiger partial charge is 0.177 e. The summed E-state index contributed by atoms with van der Waals surface area (Å²) in [5.74, 6) is 1.43. The van der Waals surface area contributed by atoms with Crippen LogP contribution in [0, 0.1) is 5.92 Å². The Morgan fingerprint density at radius 3 is 2.96 bits per heavy atom. The molecule has 1 aromatic rings. The first-order chi connectivity index (χ1) is 10.5. The van der Waals surface area contributed by atoms with Gasteiger partial charge in [0.25, 0.3) is 0 Å². The van der Waals surface area contributed by atoms with Crippen LogP contribution in [-0.4, -0.2) is 41.0 Å². The molecule has 2 aliphatic heterocycles. The number of rotatable bonds is 0. The highest BCUT2D eigenvalue weighted by molar-refractivity contribution is 5.93. The maximum absolute atomic E-state index is 12.8. The first-order valence-electron chi connectivity index (χ1n) is 8.27. The van der Waals surface area contributed by atoms with Gasteiger partial charge in [-0.2, -0.15) is 0 Å². The molecule has 2 aliphatic carbocycles. The van der Waals surface area contributed by atoms with E-state index in [4.69, 9.17) is 4.74 Å². The second kappa shape index (κ2) is 4.42. The van der Waals surface area contributed by atoms with Crippen LogP contribution in [0.4, 0.5) is 0 Å². The molecule has 4 atom stereocenters. The fourth-order valence-electron chi connectivity index (χ4n) is 5.94. The monoisotopic (exact) mass is 335 g/mol. The Bertz CT molecular complexity index is 720. The van der Waals surface area contributed by atoms with Crippen molar-refractivity contribution in [3.05, 3.63) is 23.3 Å². The minimum absolute atomic E-state index is 0. The van der Waals surface area contributed by atoms with Gasteiger partial charge in [-0.3, -0.25) is 4.79 Å². The number of likely N-dealkylation sites (N-methyl/N-ethyl adjacent to an activating group) is 1. The third-order valence-corrected chi connectivity index (χ3v) is 6.99. The number of benzene rings is 1. The van der Waals surface area contributed by atoms with Crippen molar-refractivity contribution in [2.75, 3.05) is 13.6 Å². The molecule has 4 aliphatic rings. The van der Waals surface area contributed by atoms with E-state index in [0.29, 0.717) is 24.1 Å². The number of phenols is 1. The lowest BCUT2D eigenvalue weighted by molar-refractivity contribution is -0.153. The summed E-state index contributed by atoms with van der Waals surface area (Å²) in [7, 11) is 2.20. The molecule has 0 radical (unpaired) electrons. The molecule has 5 heteroatoms. The Hall–Kier alpha value is -1.26. The minimum Gasteiger partial charge on any atom is -0.504 e. The lowest BCUT2D eigenvalue weighted by Gasteiger charge is -2.60. The Balaban J connectivity index is 0.00000135. The number of hydrogen-bond donors (Lipinski definition) is 1. The Morgan fingerprint density at radius 1 is 1.39 bits per heavy atom. The number of ether oxygens (including phenoxy) is 1. The molecule has 1 spiro atoms. The van der Waals surface area contributed by atoms with E-state index in [1.165, 1.54) is 5.56 Å². The Kier molecular flexibility index (Phi) is 2.94. The number of nitrogens with zero attached hydrogens (tertiary/aromatic N) is 1. The molecular formula is C18H22ClNO3. The van der Waals surface area contributed by atoms with E-state index in [1.807, 2.05) is 13.0 Å². The van der Waals surface area contributed by atoms with Crippen LogP contribution in [0.3, 0.4) is 0 Å². The first-order valence-corrected chi connectivity index (χ1v) is 8.27. The summed E-state index contributed by atoms with van der Waals surface area (Å²) in [6.45, 7) is 2.96. The summed E-state index contributed by atoms with van der Waals surface area (Å²) >= 11 is 0. The van der Waals surface area contributed by atoms with Crippen molar-refractivity contribution in [1.29, 1.82) is 0 Å². The van der Waals surface area contributed by atoms with Gasteiger partial charge in [0.1, 0.15) is 0 Å². The molecule has 4 nitrogen and oxygen atoms in total. The van der Waals surface area contributed by atoms with Crippen molar-refractivity contribution in [3.8, 4) is 11.5 Å². The molecule has 0 amide bonds. The van der Waals surface area contributed by atoms with E-state index in [0.717, 1.165) is 31.4 Å². The predicted octanol–water partition coefficient (Wildman–Crippen LogP) is 2.44. The van der Waals surface area contributed by atoms with Crippen LogP contribution >= 0.6 is 12.4 Å². The van der Waals surface area contributed by atoms with Crippen LogP contribution in [0.1, 0.15) is 37.3 Å². The van der Waals surface area contributed by atoms with Gasteiger partial charge in [0.2, 0.25) is 0 Å². The fourth-order valence-corrected chi connectivity index (χ4v) is 5.94. The van der Waals surface area contributed by atoms with Crippen LogP contribution in [0.5, 0.6) is 11.5 Å². The third kappa shape index (κ3) is 1.46. The molecule has 1 saturated heterocycles. The van der Waals surface area contributed by atoms with E-state index in [1.54, 1.807) is 6.07 Å². The highest BCUT2D eigenvalue weighted by Gasteiger charge is 2.71. The minimum atomic E-state index is -0.800. The van der Waals surface area contributed by atoms with Gasteiger partial charge < -0.3 is 14.7 Å². The van der Waals surface area contributed by atoms with Crippen molar-refractivity contribution < 1.29 is 14.6 Å². The zero-order chi connectivity index (χ0) is 15.3. The largest absolute Gasteiger partial charge is 0.504 e. The van der Waals surface area contributed by atoms with E-state index < -0.39 is 5.60 Å². The second-order valence-electron chi connectivity index (χ2n) is 7.63. The molecular weight excluding hydrogens is 314 g/mol. The van der Waals surface area contributed by atoms with Gasteiger partial charge in [-0.05, 0) is 57.3 Å². The molecule has 23 heavy (non-hydrogen) atoms. The summed E-state index contributed by atoms with van der Waals surface area (Å²) in [5.41, 5.74) is 1.38. The normalized spacial score (nSPS) is 40.2. The first kappa shape index (κ1) is 15.3. The van der Waals surface area contributed by atoms with Crippen molar-refractivity contribution in [3.63, 3.8) is 0 Å². The van der Waals surface area contributed by atoms with E-state index >= 15 is 0 Å². The zero-order valence-electron chi connectivity index (χ0n) is 13.5. The number of phenolic OH excluding ortho intramolecular Hbond substituents is 1. The van der Waals surface area contributed by atoms with E-state index in [9.17, 15) is 9.90 Å². The molecule has 0 unspecified atom stereocenters. The standard InChI is InChI=1S/C18H21NO3.ClH/c1-17-14(21)6-4-11-12-9-10-3-5-13(20)16(22-17)15(10)18(11,17)7-8-19(12)2;/h3,5,11-12,20H,4,6-9H2,1-2H3;1H/t11-,12+,17-,18-;/m0./s1. The van der Waals surface area contributed by atoms with Crippen molar-refractivity contribution in [2.45, 2.75) is 49.7 Å². The van der Waals surface area contributed by atoms with Crippen LogP contribution in [0.2, 0.25) is 0 Å². The Morgan fingerprint density at radius 2 is 2.17 bits per heavy atom. The maximum atomic E-state index is 12.8. The van der Waals surface area contributed by atoms with Crippen molar-refractivity contribution in [2.24, 2.45) is 5.92 Å². The molecule has 2 fully saturated rings. The quantitative estimate of drug-likeness (QED) is 0.791. The molecule has 1 saturated carbocycles. The van der Waals surface area contributed by atoms with Gasteiger partial charge in [-0.25, -0.2) is 0 Å². The van der Waals surface area contributed by atoms with Crippen LogP contribution in [0.25, 0.3) is 0 Å². The lowest BCUT2D eigenvalue weighted by atomic mass is 9.47. The predicted molar refractivity (Wildman–Crippen MR) is 88.5 cm³/mol. The molecule has 1 aromatic carbocycles. The van der Waals surface area contributed by atoms with E-state index in [-0.39, 0.29) is 29.4 Å². The van der Waals surface area contributed by atoms with Crippen LogP contribution < -0.4 is 4.74 Å². The second-order valence-corrected chi connectivity index (χ2v) is 7.63. The maximum Gasteiger partial charge on any atom is 0.177 e. The number of ketones is 1. The molecule has 0 aromatic heterocycles.